The van der Waals surface area contributed by atoms with Crippen LogP contribution in [-0.4, -0.2) is 35.4 Å². The number of benzene rings is 1. The molecular weight excluding hydrogens is 304 g/mol. The summed E-state index contributed by atoms with van der Waals surface area (Å²) in [6.07, 6.45) is 5.43. The van der Waals surface area contributed by atoms with Gasteiger partial charge in [-0.05, 0) is 37.2 Å². The quantitative estimate of drug-likeness (QED) is 0.398. The first-order chi connectivity index (χ1) is 11.7. The highest BCUT2D eigenvalue weighted by Gasteiger charge is 2.35. The maximum absolute atomic E-state index is 10.7. The van der Waals surface area contributed by atoms with Crippen LogP contribution >= 0.6 is 0 Å². The van der Waals surface area contributed by atoms with Gasteiger partial charge in [-0.25, -0.2) is 4.99 Å². The minimum atomic E-state index is -0.372. The number of nitrogens with one attached hydrogen (secondary N) is 1. The molecule has 6 nitrogen and oxygen atoms in total. The fourth-order valence-corrected chi connectivity index (χ4v) is 3.89. The molecule has 1 aliphatic carbocycles. The average Bonchev–Trinajstić information content (AvgIpc) is 3.03. The zero-order chi connectivity index (χ0) is 16.9. The standard InChI is InChI=1S/C18H26N4O2/c1-2-19-18(21-12-15-5-3-4-6-16(15)13-21)20-11-14-7-9-17(10-8-14)22(23)24/h7-10,15-16H,2-6,11-13H2,1H3,(H,19,20). The Bertz CT molecular complexity index is 586. The first-order valence-corrected chi connectivity index (χ1v) is 8.94. The monoisotopic (exact) mass is 330 g/mol. The lowest BCUT2D eigenvalue weighted by Gasteiger charge is -2.22. The highest BCUT2D eigenvalue weighted by atomic mass is 16.6. The summed E-state index contributed by atoms with van der Waals surface area (Å²) in [4.78, 5) is 17.5. The molecule has 0 bridgehead atoms. The summed E-state index contributed by atoms with van der Waals surface area (Å²) in [5.41, 5.74) is 1.12. The van der Waals surface area contributed by atoms with Crippen molar-refractivity contribution in [2.24, 2.45) is 16.8 Å². The van der Waals surface area contributed by atoms with Gasteiger partial charge in [0.2, 0.25) is 0 Å². The second-order valence-corrected chi connectivity index (χ2v) is 6.80. The lowest BCUT2D eigenvalue weighted by molar-refractivity contribution is -0.384. The van der Waals surface area contributed by atoms with Crippen LogP contribution in [0.5, 0.6) is 0 Å². The van der Waals surface area contributed by atoms with Crippen molar-refractivity contribution in [1.82, 2.24) is 10.2 Å². The molecule has 1 aromatic rings. The fourth-order valence-electron chi connectivity index (χ4n) is 3.89. The molecule has 2 atom stereocenters. The van der Waals surface area contributed by atoms with Crippen LogP contribution in [-0.2, 0) is 6.54 Å². The van der Waals surface area contributed by atoms with Gasteiger partial charge < -0.3 is 10.2 Å². The average molecular weight is 330 g/mol. The van der Waals surface area contributed by atoms with Gasteiger partial charge in [0.05, 0.1) is 11.5 Å². The third kappa shape index (κ3) is 3.86. The van der Waals surface area contributed by atoms with E-state index in [-0.39, 0.29) is 10.6 Å². The largest absolute Gasteiger partial charge is 0.357 e. The molecule has 0 radical (unpaired) electrons. The first-order valence-electron chi connectivity index (χ1n) is 8.94. The SMILES string of the molecule is CCNC(=NCc1ccc([N+](=O)[O-])cc1)N1CC2CCCCC2C1. The molecule has 1 N–H and O–H groups in total. The molecule has 0 spiro atoms. The van der Waals surface area contributed by atoms with E-state index in [1.807, 2.05) is 0 Å². The van der Waals surface area contributed by atoms with Gasteiger partial charge in [0.15, 0.2) is 5.96 Å². The van der Waals surface area contributed by atoms with E-state index in [9.17, 15) is 10.1 Å². The second-order valence-electron chi connectivity index (χ2n) is 6.80. The number of fused-ring (bicyclic) bond motifs is 1. The third-order valence-corrected chi connectivity index (χ3v) is 5.17. The van der Waals surface area contributed by atoms with Gasteiger partial charge in [0, 0.05) is 31.8 Å². The van der Waals surface area contributed by atoms with Crippen LogP contribution < -0.4 is 5.32 Å². The Morgan fingerprint density at radius 1 is 1.25 bits per heavy atom. The summed E-state index contributed by atoms with van der Waals surface area (Å²) in [6.45, 7) is 5.70. The van der Waals surface area contributed by atoms with Crippen molar-refractivity contribution in [3.63, 3.8) is 0 Å². The molecule has 1 saturated heterocycles. The molecule has 2 fully saturated rings. The summed E-state index contributed by atoms with van der Waals surface area (Å²) in [5, 5.41) is 14.1. The molecule has 2 unspecified atom stereocenters. The Morgan fingerprint density at radius 3 is 2.42 bits per heavy atom. The van der Waals surface area contributed by atoms with Gasteiger partial charge in [-0.15, -0.1) is 0 Å². The normalized spacial score (nSPS) is 23.9. The molecule has 1 aromatic carbocycles. The number of hydrogen-bond acceptors (Lipinski definition) is 3. The topological polar surface area (TPSA) is 70.8 Å². The van der Waals surface area contributed by atoms with Crippen molar-refractivity contribution in [3.05, 3.63) is 39.9 Å². The summed E-state index contributed by atoms with van der Waals surface area (Å²) >= 11 is 0. The highest BCUT2D eigenvalue weighted by Crippen LogP contribution is 2.36. The zero-order valence-corrected chi connectivity index (χ0v) is 14.3. The van der Waals surface area contributed by atoms with Crippen molar-refractivity contribution in [3.8, 4) is 0 Å². The Morgan fingerprint density at radius 2 is 1.88 bits per heavy atom. The van der Waals surface area contributed by atoms with Gasteiger partial charge in [0.1, 0.15) is 0 Å². The van der Waals surface area contributed by atoms with E-state index >= 15 is 0 Å². The number of nitro benzene ring substituents is 1. The van der Waals surface area contributed by atoms with Crippen LogP contribution in [0.2, 0.25) is 0 Å². The Labute approximate surface area is 143 Å². The van der Waals surface area contributed by atoms with Crippen LogP contribution in [0, 0.1) is 22.0 Å². The van der Waals surface area contributed by atoms with Crippen LogP contribution in [0.15, 0.2) is 29.3 Å². The molecule has 0 amide bonds. The molecule has 1 aliphatic heterocycles. The lowest BCUT2D eigenvalue weighted by atomic mass is 9.82. The Hall–Kier alpha value is -2.11. The molecule has 24 heavy (non-hydrogen) atoms. The number of rotatable bonds is 4. The van der Waals surface area contributed by atoms with Gasteiger partial charge >= 0.3 is 0 Å². The maximum atomic E-state index is 10.7. The minimum Gasteiger partial charge on any atom is -0.357 e. The first kappa shape index (κ1) is 16.7. The van der Waals surface area contributed by atoms with Crippen LogP contribution in [0.25, 0.3) is 0 Å². The molecule has 0 aromatic heterocycles. The molecule has 3 rings (SSSR count). The van der Waals surface area contributed by atoms with Crippen molar-refractivity contribution in [2.45, 2.75) is 39.2 Å². The lowest BCUT2D eigenvalue weighted by Crippen LogP contribution is -2.40. The van der Waals surface area contributed by atoms with Crippen molar-refractivity contribution < 1.29 is 4.92 Å². The number of guanidine groups is 1. The van der Waals surface area contributed by atoms with Crippen LogP contribution in [0.1, 0.15) is 38.2 Å². The highest BCUT2D eigenvalue weighted by molar-refractivity contribution is 5.80. The predicted octanol–water partition coefficient (Wildman–Crippen LogP) is 3.18. The summed E-state index contributed by atoms with van der Waals surface area (Å²) < 4.78 is 0. The third-order valence-electron chi connectivity index (χ3n) is 5.17. The maximum Gasteiger partial charge on any atom is 0.269 e. The van der Waals surface area contributed by atoms with Gasteiger partial charge in [-0.2, -0.15) is 0 Å². The number of nitro groups is 1. The fraction of sp³-hybridized carbons (Fsp3) is 0.611. The molecule has 2 aliphatic rings. The van der Waals surface area contributed by atoms with E-state index in [0.717, 1.165) is 43.0 Å². The minimum absolute atomic E-state index is 0.123. The summed E-state index contributed by atoms with van der Waals surface area (Å²) in [6, 6.07) is 6.66. The van der Waals surface area contributed by atoms with Crippen LogP contribution in [0.3, 0.4) is 0 Å². The van der Waals surface area contributed by atoms with E-state index in [2.05, 4.69) is 17.1 Å². The van der Waals surface area contributed by atoms with Gasteiger partial charge in [0.25, 0.3) is 5.69 Å². The molecule has 1 heterocycles. The van der Waals surface area contributed by atoms with Crippen molar-refractivity contribution >= 4 is 11.6 Å². The van der Waals surface area contributed by atoms with Gasteiger partial charge in [-0.1, -0.05) is 25.0 Å². The summed E-state index contributed by atoms with van der Waals surface area (Å²) in [7, 11) is 0. The number of likely N-dealkylation sites (tertiary alicyclic amines) is 1. The zero-order valence-electron chi connectivity index (χ0n) is 14.3. The van der Waals surface area contributed by atoms with E-state index < -0.39 is 0 Å². The molecular formula is C18H26N4O2. The summed E-state index contributed by atoms with van der Waals surface area (Å²) in [5.74, 6) is 2.62. The smallest absolute Gasteiger partial charge is 0.269 e. The molecule has 1 saturated carbocycles. The Balaban J connectivity index is 1.66. The number of non-ortho nitro benzene ring substituents is 1. The molecule has 130 valence electrons. The number of aliphatic imine (C=N–C) groups is 1. The number of nitrogens with zero attached hydrogens (tertiary/aromatic N) is 3. The van der Waals surface area contributed by atoms with E-state index in [1.165, 1.54) is 25.7 Å². The molecule has 6 heteroatoms. The van der Waals surface area contributed by atoms with Crippen molar-refractivity contribution in [1.29, 1.82) is 0 Å². The van der Waals surface area contributed by atoms with E-state index in [0.29, 0.717) is 6.54 Å². The van der Waals surface area contributed by atoms with E-state index in [4.69, 9.17) is 4.99 Å². The Kier molecular flexibility index (Phi) is 5.33. The predicted molar refractivity (Wildman–Crippen MR) is 94.9 cm³/mol. The van der Waals surface area contributed by atoms with Crippen LogP contribution in [0.4, 0.5) is 5.69 Å². The van der Waals surface area contributed by atoms with E-state index in [1.54, 1.807) is 24.3 Å². The van der Waals surface area contributed by atoms with Crippen molar-refractivity contribution in [2.75, 3.05) is 19.6 Å². The van der Waals surface area contributed by atoms with Gasteiger partial charge in [-0.3, -0.25) is 10.1 Å². The number of hydrogen-bond donors (Lipinski definition) is 1. The second kappa shape index (κ2) is 7.64.